The summed E-state index contributed by atoms with van der Waals surface area (Å²) in [4.78, 5) is 4.25. The van der Waals surface area contributed by atoms with Crippen molar-refractivity contribution < 1.29 is 4.74 Å². The molecule has 1 atom stereocenters. The lowest BCUT2D eigenvalue weighted by atomic mass is 9.93. The minimum absolute atomic E-state index is 0.385. The van der Waals surface area contributed by atoms with E-state index in [1.165, 1.54) is 18.5 Å². The van der Waals surface area contributed by atoms with E-state index in [-0.39, 0.29) is 0 Å². The summed E-state index contributed by atoms with van der Waals surface area (Å²) in [5, 5.41) is 0. The molecule has 102 valence electrons. The lowest BCUT2D eigenvalue weighted by Crippen LogP contribution is -2.21. The molecule has 1 aliphatic rings. The van der Waals surface area contributed by atoms with Crippen LogP contribution in [0.3, 0.4) is 0 Å². The summed E-state index contributed by atoms with van der Waals surface area (Å²) >= 11 is 0. The highest BCUT2D eigenvalue weighted by atomic mass is 16.5. The number of hydrogen-bond acceptors (Lipinski definition) is 3. The fourth-order valence-corrected chi connectivity index (χ4v) is 2.26. The van der Waals surface area contributed by atoms with Gasteiger partial charge in [-0.05, 0) is 24.7 Å². The van der Waals surface area contributed by atoms with Gasteiger partial charge in [0.25, 0.3) is 0 Å². The van der Waals surface area contributed by atoms with Crippen molar-refractivity contribution in [1.82, 2.24) is 9.55 Å². The van der Waals surface area contributed by atoms with Gasteiger partial charge in [0.05, 0.1) is 12.9 Å². The van der Waals surface area contributed by atoms with Gasteiger partial charge < -0.3 is 15.0 Å². The maximum atomic E-state index is 5.86. The molecule has 1 saturated carbocycles. The molecule has 0 amide bonds. The van der Waals surface area contributed by atoms with E-state index in [4.69, 9.17) is 10.5 Å². The number of nitrogens with two attached hydrogens (primary N) is 1. The SMILES string of the molecule is CC(C)C(CN)c1cncn1CCOCC1CC1. The molecule has 4 heteroatoms. The first-order valence-electron chi connectivity index (χ1n) is 7.00. The van der Waals surface area contributed by atoms with Crippen LogP contribution in [-0.2, 0) is 11.3 Å². The predicted molar refractivity (Wildman–Crippen MR) is 72.4 cm³/mol. The number of rotatable bonds is 8. The highest BCUT2D eigenvalue weighted by Gasteiger charge is 2.21. The van der Waals surface area contributed by atoms with Crippen molar-refractivity contribution in [3.05, 3.63) is 18.2 Å². The van der Waals surface area contributed by atoms with Crippen LogP contribution < -0.4 is 5.73 Å². The average molecular weight is 251 g/mol. The van der Waals surface area contributed by atoms with Crippen LogP contribution >= 0.6 is 0 Å². The van der Waals surface area contributed by atoms with Gasteiger partial charge in [-0.2, -0.15) is 0 Å². The first-order valence-corrected chi connectivity index (χ1v) is 7.00. The zero-order valence-electron chi connectivity index (χ0n) is 11.5. The van der Waals surface area contributed by atoms with E-state index in [2.05, 4.69) is 23.4 Å². The third-order valence-electron chi connectivity index (χ3n) is 3.71. The van der Waals surface area contributed by atoms with Gasteiger partial charge in [-0.1, -0.05) is 13.8 Å². The molecule has 0 spiro atoms. The molecule has 18 heavy (non-hydrogen) atoms. The molecule has 4 nitrogen and oxygen atoms in total. The second-order valence-electron chi connectivity index (χ2n) is 5.62. The van der Waals surface area contributed by atoms with Crippen molar-refractivity contribution in [3.8, 4) is 0 Å². The molecule has 1 aliphatic carbocycles. The Labute approximate surface area is 110 Å². The molecule has 0 saturated heterocycles. The van der Waals surface area contributed by atoms with Crippen LogP contribution in [0.5, 0.6) is 0 Å². The first kappa shape index (κ1) is 13.6. The molecule has 1 aromatic heterocycles. The van der Waals surface area contributed by atoms with Crippen LogP contribution in [-0.4, -0.2) is 29.3 Å². The molecular weight excluding hydrogens is 226 g/mol. The highest BCUT2D eigenvalue weighted by Crippen LogP contribution is 2.28. The quantitative estimate of drug-likeness (QED) is 0.719. The van der Waals surface area contributed by atoms with Crippen molar-refractivity contribution in [2.45, 2.75) is 39.2 Å². The molecule has 0 bridgehead atoms. The maximum Gasteiger partial charge on any atom is 0.0949 e. The summed E-state index contributed by atoms with van der Waals surface area (Å²) in [6.45, 7) is 7.66. The fourth-order valence-electron chi connectivity index (χ4n) is 2.26. The summed E-state index contributed by atoms with van der Waals surface area (Å²) in [5.41, 5.74) is 7.10. The van der Waals surface area contributed by atoms with Crippen molar-refractivity contribution in [2.24, 2.45) is 17.6 Å². The van der Waals surface area contributed by atoms with Crippen LogP contribution in [0.4, 0.5) is 0 Å². The predicted octanol–water partition coefficient (Wildman–Crippen LogP) is 2.01. The second-order valence-corrected chi connectivity index (χ2v) is 5.62. The number of aromatic nitrogens is 2. The van der Waals surface area contributed by atoms with E-state index >= 15 is 0 Å². The molecular formula is C14H25N3O. The van der Waals surface area contributed by atoms with Crippen LogP contribution in [0, 0.1) is 11.8 Å². The van der Waals surface area contributed by atoms with Crippen molar-refractivity contribution in [2.75, 3.05) is 19.8 Å². The Hall–Kier alpha value is -0.870. The van der Waals surface area contributed by atoms with Gasteiger partial charge >= 0.3 is 0 Å². The smallest absolute Gasteiger partial charge is 0.0949 e. The molecule has 2 N–H and O–H groups in total. The molecule has 1 aromatic rings. The third kappa shape index (κ3) is 3.56. The maximum absolute atomic E-state index is 5.86. The Morgan fingerprint density at radius 2 is 2.28 bits per heavy atom. The normalized spacial score (nSPS) is 17.3. The van der Waals surface area contributed by atoms with Crippen molar-refractivity contribution >= 4 is 0 Å². The van der Waals surface area contributed by atoms with E-state index in [0.29, 0.717) is 18.4 Å². The summed E-state index contributed by atoms with van der Waals surface area (Å²) < 4.78 is 7.86. The first-order chi connectivity index (χ1) is 8.72. The Bertz CT molecular complexity index is 358. The Balaban J connectivity index is 1.85. The van der Waals surface area contributed by atoms with Gasteiger partial charge in [-0.25, -0.2) is 4.98 Å². The third-order valence-corrected chi connectivity index (χ3v) is 3.71. The number of hydrogen-bond donors (Lipinski definition) is 1. The summed E-state index contributed by atoms with van der Waals surface area (Å²) in [6.07, 6.45) is 6.52. The summed E-state index contributed by atoms with van der Waals surface area (Å²) in [6, 6.07) is 0. The fraction of sp³-hybridized carbons (Fsp3) is 0.786. The van der Waals surface area contributed by atoms with E-state index in [1.807, 2.05) is 12.5 Å². The lowest BCUT2D eigenvalue weighted by molar-refractivity contribution is 0.116. The molecule has 0 radical (unpaired) electrons. The molecule has 0 aromatic carbocycles. The van der Waals surface area contributed by atoms with Crippen molar-refractivity contribution in [3.63, 3.8) is 0 Å². The van der Waals surface area contributed by atoms with E-state index in [1.54, 1.807) is 0 Å². The number of imidazole rings is 1. The topological polar surface area (TPSA) is 53.1 Å². The zero-order chi connectivity index (χ0) is 13.0. The monoisotopic (exact) mass is 251 g/mol. The molecule has 1 heterocycles. The minimum Gasteiger partial charge on any atom is -0.379 e. The lowest BCUT2D eigenvalue weighted by Gasteiger charge is -2.20. The summed E-state index contributed by atoms with van der Waals surface area (Å²) in [5.74, 6) is 1.76. The van der Waals surface area contributed by atoms with Crippen LogP contribution in [0.1, 0.15) is 38.3 Å². The molecule has 2 rings (SSSR count). The second kappa shape index (κ2) is 6.34. The Morgan fingerprint density at radius 3 is 2.89 bits per heavy atom. The van der Waals surface area contributed by atoms with Crippen LogP contribution in [0.25, 0.3) is 0 Å². The number of ether oxygens (including phenoxy) is 1. The van der Waals surface area contributed by atoms with Gasteiger partial charge in [-0.3, -0.25) is 0 Å². The highest BCUT2D eigenvalue weighted by molar-refractivity contribution is 5.08. The molecule has 0 aliphatic heterocycles. The van der Waals surface area contributed by atoms with Gasteiger partial charge in [0.2, 0.25) is 0 Å². The van der Waals surface area contributed by atoms with Gasteiger partial charge in [0.15, 0.2) is 0 Å². The summed E-state index contributed by atoms with van der Waals surface area (Å²) in [7, 11) is 0. The molecule has 1 unspecified atom stereocenters. The molecule has 1 fully saturated rings. The van der Waals surface area contributed by atoms with E-state index < -0.39 is 0 Å². The van der Waals surface area contributed by atoms with E-state index in [9.17, 15) is 0 Å². The standard InChI is InChI=1S/C14H25N3O/c1-11(2)13(7-15)14-8-16-10-17(14)5-6-18-9-12-3-4-12/h8,10-13H,3-7,9,15H2,1-2H3. The minimum atomic E-state index is 0.385. The average Bonchev–Trinajstić information content (AvgIpc) is 3.06. The Morgan fingerprint density at radius 1 is 1.50 bits per heavy atom. The van der Waals surface area contributed by atoms with Gasteiger partial charge in [0.1, 0.15) is 0 Å². The van der Waals surface area contributed by atoms with E-state index in [0.717, 1.165) is 25.7 Å². The Kier molecular flexibility index (Phi) is 4.78. The largest absolute Gasteiger partial charge is 0.379 e. The zero-order valence-corrected chi connectivity index (χ0v) is 11.5. The van der Waals surface area contributed by atoms with Crippen molar-refractivity contribution in [1.29, 1.82) is 0 Å². The number of nitrogens with zero attached hydrogens (tertiary/aromatic N) is 2. The van der Waals surface area contributed by atoms with Crippen LogP contribution in [0.2, 0.25) is 0 Å². The van der Waals surface area contributed by atoms with Crippen LogP contribution in [0.15, 0.2) is 12.5 Å². The van der Waals surface area contributed by atoms with Gasteiger partial charge in [-0.15, -0.1) is 0 Å². The van der Waals surface area contributed by atoms with Gasteiger partial charge in [0, 0.05) is 37.5 Å².